The van der Waals surface area contributed by atoms with Crippen molar-refractivity contribution in [3.63, 3.8) is 0 Å². The Bertz CT molecular complexity index is 439. The van der Waals surface area contributed by atoms with E-state index in [0.717, 1.165) is 0 Å². The summed E-state index contributed by atoms with van der Waals surface area (Å²) in [7, 11) is 4.58. The molecule has 1 rings (SSSR count). The van der Waals surface area contributed by atoms with Gasteiger partial charge in [-0.25, -0.2) is 4.39 Å². The van der Waals surface area contributed by atoms with Crippen molar-refractivity contribution in [1.29, 1.82) is 0 Å². The van der Waals surface area contributed by atoms with Crippen molar-refractivity contribution in [2.45, 2.75) is 6.04 Å². The Morgan fingerprint density at radius 1 is 1.47 bits per heavy atom. The molecule has 0 bridgehead atoms. The summed E-state index contributed by atoms with van der Waals surface area (Å²) in [5.74, 6) is -1.27. The molecule has 1 unspecified atom stereocenters. The minimum absolute atomic E-state index is 0.0745. The first-order chi connectivity index (χ1) is 9.01. The molecule has 6 heteroatoms. The Hall–Kier alpha value is -1.66. The van der Waals surface area contributed by atoms with Crippen molar-refractivity contribution in [3.05, 3.63) is 29.6 Å². The number of hydrogen-bond acceptors (Lipinski definition) is 4. The van der Waals surface area contributed by atoms with Gasteiger partial charge in [-0.05, 0) is 25.2 Å². The van der Waals surface area contributed by atoms with Crippen LogP contribution in [0, 0.1) is 5.82 Å². The molecule has 0 radical (unpaired) electrons. The van der Waals surface area contributed by atoms with Gasteiger partial charge in [0.05, 0.1) is 13.7 Å². The largest absolute Gasteiger partial charge is 0.497 e. The van der Waals surface area contributed by atoms with Gasteiger partial charge in [0.15, 0.2) is 0 Å². The molecule has 5 nitrogen and oxygen atoms in total. The standard InChI is InChI=1S/C13H18FNO4/c1-15(6-7-18-2)12(13(16)17)10-8-9(19-3)4-5-11(10)14/h4-5,8,12H,6-7H2,1-3H3,(H,16,17). The predicted octanol–water partition coefficient (Wildman–Crippen LogP) is 1.54. The lowest BCUT2D eigenvalue weighted by molar-refractivity contribution is -0.143. The second-order valence-electron chi connectivity index (χ2n) is 4.10. The number of rotatable bonds is 7. The molecule has 1 atom stereocenters. The van der Waals surface area contributed by atoms with Crippen LogP contribution in [0.1, 0.15) is 11.6 Å². The summed E-state index contributed by atoms with van der Waals surface area (Å²) in [5, 5.41) is 9.29. The van der Waals surface area contributed by atoms with Gasteiger partial charge in [-0.1, -0.05) is 0 Å². The zero-order valence-electron chi connectivity index (χ0n) is 11.2. The van der Waals surface area contributed by atoms with E-state index >= 15 is 0 Å². The van der Waals surface area contributed by atoms with Crippen molar-refractivity contribution in [2.75, 3.05) is 34.4 Å². The smallest absolute Gasteiger partial charge is 0.325 e. The first-order valence-electron chi connectivity index (χ1n) is 5.76. The first kappa shape index (κ1) is 15.4. The fourth-order valence-electron chi connectivity index (χ4n) is 1.78. The van der Waals surface area contributed by atoms with E-state index in [1.165, 1.54) is 37.3 Å². The minimum atomic E-state index is -1.12. The van der Waals surface area contributed by atoms with E-state index in [-0.39, 0.29) is 5.56 Å². The van der Waals surface area contributed by atoms with Crippen LogP contribution in [0.15, 0.2) is 18.2 Å². The summed E-state index contributed by atoms with van der Waals surface area (Å²) in [5.41, 5.74) is 0.0745. The van der Waals surface area contributed by atoms with Crippen LogP contribution in [0.25, 0.3) is 0 Å². The highest BCUT2D eigenvalue weighted by Gasteiger charge is 2.27. The van der Waals surface area contributed by atoms with Crippen LogP contribution >= 0.6 is 0 Å². The molecule has 0 aliphatic carbocycles. The van der Waals surface area contributed by atoms with Crippen LogP contribution in [0.3, 0.4) is 0 Å². The molecule has 0 aromatic heterocycles. The van der Waals surface area contributed by atoms with Crippen LogP contribution < -0.4 is 4.74 Å². The van der Waals surface area contributed by atoms with E-state index in [2.05, 4.69) is 0 Å². The van der Waals surface area contributed by atoms with E-state index < -0.39 is 17.8 Å². The Kier molecular flexibility index (Phi) is 5.72. The molecular formula is C13H18FNO4. The molecule has 0 heterocycles. The number of aliphatic carboxylic acids is 1. The lowest BCUT2D eigenvalue weighted by Crippen LogP contribution is -2.33. The van der Waals surface area contributed by atoms with Gasteiger partial charge < -0.3 is 14.6 Å². The quantitative estimate of drug-likeness (QED) is 0.815. The van der Waals surface area contributed by atoms with Gasteiger partial charge in [0.25, 0.3) is 0 Å². The second-order valence-corrected chi connectivity index (χ2v) is 4.10. The second kappa shape index (κ2) is 7.06. The number of carbonyl (C=O) groups is 1. The first-order valence-corrected chi connectivity index (χ1v) is 5.76. The molecule has 19 heavy (non-hydrogen) atoms. The molecule has 0 amide bonds. The lowest BCUT2D eigenvalue weighted by Gasteiger charge is -2.25. The molecule has 0 saturated heterocycles. The van der Waals surface area contributed by atoms with Gasteiger partial charge in [0.2, 0.25) is 0 Å². The predicted molar refractivity (Wildman–Crippen MR) is 67.8 cm³/mol. The van der Waals surface area contributed by atoms with Crippen molar-refractivity contribution >= 4 is 5.97 Å². The summed E-state index contributed by atoms with van der Waals surface area (Å²) in [6.07, 6.45) is 0. The zero-order valence-corrected chi connectivity index (χ0v) is 11.2. The van der Waals surface area contributed by atoms with Crippen molar-refractivity contribution in [3.8, 4) is 5.75 Å². The number of ether oxygens (including phenoxy) is 2. The highest BCUT2D eigenvalue weighted by Crippen LogP contribution is 2.26. The molecule has 1 aromatic carbocycles. The minimum Gasteiger partial charge on any atom is -0.497 e. The maximum absolute atomic E-state index is 13.8. The number of hydrogen-bond donors (Lipinski definition) is 1. The summed E-state index contributed by atoms with van der Waals surface area (Å²) in [6, 6.07) is 2.98. The van der Waals surface area contributed by atoms with Crippen LogP contribution in [0.2, 0.25) is 0 Å². The third-order valence-electron chi connectivity index (χ3n) is 2.82. The average molecular weight is 271 g/mol. The zero-order chi connectivity index (χ0) is 14.4. The molecule has 0 saturated carbocycles. The Morgan fingerprint density at radius 3 is 2.68 bits per heavy atom. The van der Waals surface area contributed by atoms with Crippen LogP contribution in [-0.4, -0.2) is 50.4 Å². The molecule has 0 fully saturated rings. The number of halogens is 1. The summed E-state index contributed by atoms with van der Waals surface area (Å²) in [4.78, 5) is 12.9. The number of methoxy groups -OCH3 is 2. The highest BCUT2D eigenvalue weighted by atomic mass is 19.1. The van der Waals surface area contributed by atoms with E-state index in [0.29, 0.717) is 18.9 Å². The topological polar surface area (TPSA) is 59.0 Å². The third kappa shape index (κ3) is 3.90. The fraction of sp³-hybridized carbons (Fsp3) is 0.462. The van der Waals surface area contributed by atoms with Gasteiger partial charge in [-0.15, -0.1) is 0 Å². The van der Waals surface area contributed by atoms with Crippen molar-refractivity contribution < 1.29 is 23.8 Å². The highest BCUT2D eigenvalue weighted by molar-refractivity contribution is 5.75. The molecule has 1 N–H and O–H groups in total. The van der Waals surface area contributed by atoms with Crippen LogP contribution in [-0.2, 0) is 9.53 Å². The average Bonchev–Trinajstić information content (AvgIpc) is 2.38. The maximum atomic E-state index is 13.8. The van der Waals surface area contributed by atoms with E-state index in [9.17, 15) is 14.3 Å². The Labute approximate surface area is 111 Å². The Morgan fingerprint density at radius 2 is 2.16 bits per heavy atom. The molecule has 1 aromatic rings. The van der Waals surface area contributed by atoms with Gasteiger partial charge in [0, 0.05) is 19.2 Å². The van der Waals surface area contributed by atoms with Crippen molar-refractivity contribution in [2.24, 2.45) is 0 Å². The number of benzene rings is 1. The molecule has 0 aliphatic rings. The van der Waals surface area contributed by atoms with Crippen molar-refractivity contribution in [1.82, 2.24) is 4.90 Å². The summed E-state index contributed by atoms with van der Waals surface area (Å²) in [6.45, 7) is 0.746. The lowest BCUT2D eigenvalue weighted by atomic mass is 10.0. The van der Waals surface area contributed by atoms with E-state index in [1.54, 1.807) is 7.05 Å². The van der Waals surface area contributed by atoms with Gasteiger partial charge in [0.1, 0.15) is 17.6 Å². The monoisotopic (exact) mass is 271 g/mol. The molecule has 0 aliphatic heterocycles. The maximum Gasteiger partial charge on any atom is 0.325 e. The van der Waals surface area contributed by atoms with Gasteiger partial charge in [-0.3, -0.25) is 9.69 Å². The van der Waals surface area contributed by atoms with Crippen LogP contribution in [0.4, 0.5) is 4.39 Å². The Balaban J connectivity index is 3.08. The number of carboxylic acid groups (broad SMARTS) is 1. The van der Waals surface area contributed by atoms with E-state index in [4.69, 9.17) is 9.47 Å². The fourth-order valence-corrected chi connectivity index (χ4v) is 1.78. The van der Waals surface area contributed by atoms with Gasteiger partial charge in [-0.2, -0.15) is 0 Å². The van der Waals surface area contributed by atoms with Gasteiger partial charge >= 0.3 is 5.97 Å². The van der Waals surface area contributed by atoms with Crippen LogP contribution in [0.5, 0.6) is 5.75 Å². The third-order valence-corrected chi connectivity index (χ3v) is 2.82. The number of nitrogens with zero attached hydrogens (tertiary/aromatic N) is 1. The number of likely N-dealkylation sites (N-methyl/N-ethyl adjacent to an activating group) is 1. The normalized spacial score (nSPS) is 12.5. The molecule has 106 valence electrons. The molecule has 0 spiro atoms. The SMILES string of the molecule is COCCN(C)C(C(=O)O)c1cc(OC)ccc1F. The number of carboxylic acids is 1. The van der Waals surface area contributed by atoms with E-state index in [1.807, 2.05) is 0 Å². The summed E-state index contributed by atoms with van der Waals surface area (Å²) < 4.78 is 23.7. The summed E-state index contributed by atoms with van der Waals surface area (Å²) >= 11 is 0. The molecular weight excluding hydrogens is 253 g/mol.